The van der Waals surface area contributed by atoms with Crippen LogP contribution in [0.1, 0.15) is 111 Å². The number of rotatable bonds is 19. The van der Waals surface area contributed by atoms with Gasteiger partial charge in [0.2, 0.25) is 5.91 Å². The first-order chi connectivity index (χ1) is 15.8. The average Bonchev–Trinajstić information content (AvgIpc) is 2.81. The molecule has 0 aromatic heterocycles. The second kappa shape index (κ2) is 19.7. The van der Waals surface area contributed by atoms with Crippen LogP contribution >= 0.6 is 0 Å². The fourth-order valence-corrected chi connectivity index (χ4v) is 3.61. The van der Waals surface area contributed by atoms with Gasteiger partial charge in [-0.05, 0) is 27.2 Å². The van der Waals surface area contributed by atoms with Crippen molar-refractivity contribution in [1.82, 2.24) is 9.80 Å². The molecule has 0 rings (SSSR count). The van der Waals surface area contributed by atoms with E-state index in [1.54, 1.807) is 27.8 Å². The van der Waals surface area contributed by atoms with E-state index >= 15 is 0 Å². The van der Waals surface area contributed by atoms with Crippen molar-refractivity contribution in [3.05, 3.63) is 0 Å². The van der Waals surface area contributed by atoms with Crippen molar-refractivity contribution in [2.75, 3.05) is 27.3 Å². The summed E-state index contributed by atoms with van der Waals surface area (Å²) in [5.74, 6) is -0.758. The van der Waals surface area contributed by atoms with E-state index in [-0.39, 0.29) is 12.5 Å². The van der Waals surface area contributed by atoms with Crippen molar-refractivity contribution < 1.29 is 23.9 Å². The Morgan fingerprint density at radius 1 is 0.636 bits per heavy atom. The van der Waals surface area contributed by atoms with Crippen LogP contribution in [0, 0.1) is 0 Å². The van der Waals surface area contributed by atoms with E-state index in [0.717, 1.165) is 12.8 Å². The Morgan fingerprint density at radius 3 is 1.55 bits per heavy atom. The van der Waals surface area contributed by atoms with Crippen molar-refractivity contribution in [3.63, 3.8) is 0 Å². The summed E-state index contributed by atoms with van der Waals surface area (Å²) < 4.78 is 10.3. The SMILES string of the molecule is CCCCCCCCCCCCCCCOC(=O)C(C)N(C)C(=O)C(C)N(C)C(=O)OCC. The maximum Gasteiger partial charge on any atom is 0.410 e. The van der Waals surface area contributed by atoms with Crippen molar-refractivity contribution in [2.24, 2.45) is 0 Å². The molecule has 0 radical (unpaired) electrons. The van der Waals surface area contributed by atoms with Gasteiger partial charge in [-0.2, -0.15) is 0 Å². The maximum absolute atomic E-state index is 12.6. The van der Waals surface area contributed by atoms with Gasteiger partial charge in [-0.25, -0.2) is 9.59 Å². The predicted octanol–water partition coefficient (Wildman–Crippen LogP) is 5.94. The van der Waals surface area contributed by atoms with Gasteiger partial charge in [0.25, 0.3) is 0 Å². The van der Waals surface area contributed by atoms with Crippen LogP contribution in [0.2, 0.25) is 0 Å². The molecule has 0 saturated heterocycles. The number of hydrogen-bond acceptors (Lipinski definition) is 5. The zero-order valence-corrected chi connectivity index (χ0v) is 22.2. The topological polar surface area (TPSA) is 76.2 Å². The zero-order chi connectivity index (χ0) is 25.1. The summed E-state index contributed by atoms with van der Waals surface area (Å²) in [4.78, 5) is 39.3. The van der Waals surface area contributed by atoms with Crippen LogP contribution in [0.25, 0.3) is 0 Å². The van der Waals surface area contributed by atoms with E-state index in [4.69, 9.17) is 9.47 Å². The highest BCUT2D eigenvalue weighted by Crippen LogP contribution is 2.13. The van der Waals surface area contributed by atoms with Crippen LogP contribution in [0.3, 0.4) is 0 Å². The molecule has 0 N–H and O–H groups in total. The van der Waals surface area contributed by atoms with Gasteiger partial charge in [-0.15, -0.1) is 0 Å². The fraction of sp³-hybridized carbons (Fsp3) is 0.885. The van der Waals surface area contributed by atoms with Gasteiger partial charge in [-0.1, -0.05) is 84.0 Å². The van der Waals surface area contributed by atoms with Gasteiger partial charge in [0, 0.05) is 14.1 Å². The summed E-state index contributed by atoms with van der Waals surface area (Å²) in [6.45, 7) is 7.83. The highest BCUT2D eigenvalue weighted by Gasteiger charge is 2.31. The number of amides is 2. The highest BCUT2D eigenvalue weighted by molar-refractivity contribution is 5.89. The lowest BCUT2D eigenvalue weighted by Crippen LogP contribution is -2.51. The van der Waals surface area contributed by atoms with Gasteiger partial charge < -0.3 is 14.4 Å². The first-order valence-corrected chi connectivity index (χ1v) is 13.1. The Kier molecular flexibility index (Phi) is 18.6. The van der Waals surface area contributed by atoms with Crippen LogP contribution < -0.4 is 0 Å². The van der Waals surface area contributed by atoms with Gasteiger partial charge in [0.05, 0.1) is 13.2 Å². The van der Waals surface area contributed by atoms with Crippen molar-refractivity contribution in [2.45, 2.75) is 123 Å². The monoisotopic (exact) mass is 470 g/mol. The molecular weight excluding hydrogens is 420 g/mol. The second-order valence-electron chi connectivity index (χ2n) is 9.02. The zero-order valence-electron chi connectivity index (χ0n) is 22.2. The molecular formula is C26H50N2O5. The third kappa shape index (κ3) is 14.2. The molecule has 2 amide bonds. The van der Waals surface area contributed by atoms with E-state index in [9.17, 15) is 14.4 Å². The molecule has 7 heteroatoms. The van der Waals surface area contributed by atoms with Crippen molar-refractivity contribution in [1.29, 1.82) is 0 Å². The van der Waals surface area contributed by atoms with Gasteiger partial charge >= 0.3 is 12.1 Å². The Labute approximate surface area is 202 Å². The van der Waals surface area contributed by atoms with Crippen LogP contribution in [0.15, 0.2) is 0 Å². The number of hydrogen-bond donors (Lipinski definition) is 0. The largest absolute Gasteiger partial charge is 0.464 e. The molecule has 2 unspecified atom stereocenters. The minimum Gasteiger partial charge on any atom is -0.464 e. The van der Waals surface area contributed by atoms with E-state index in [1.165, 1.54) is 87.5 Å². The molecule has 2 atom stereocenters. The number of ether oxygens (including phenoxy) is 2. The smallest absolute Gasteiger partial charge is 0.410 e. The molecule has 0 saturated carbocycles. The number of carbonyl (C=O) groups excluding carboxylic acids is 3. The number of nitrogens with zero attached hydrogens (tertiary/aromatic N) is 2. The summed E-state index contributed by atoms with van der Waals surface area (Å²) >= 11 is 0. The molecule has 0 fully saturated rings. The van der Waals surface area contributed by atoms with E-state index < -0.39 is 24.1 Å². The van der Waals surface area contributed by atoms with Gasteiger partial charge in [-0.3, -0.25) is 9.69 Å². The summed E-state index contributed by atoms with van der Waals surface area (Å²) in [6, 6.07) is -1.44. The molecule has 7 nitrogen and oxygen atoms in total. The van der Waals surface area contributed by atoms with Crippen LogP contribution in [0.4, 0.5) is 4.79 Å². The number of unbranched alkanes of at least 4 members (excludes halogenated alkanes) is 12. The molecule has 194 valence electrons. The van der Waals surface area contributed by atoms with E-state index in [2.05, 4.69) is 6.92 Å². The Balaban J connectivity index is 3.89. The lowest BCUT2D eigenvalue weighted by atomic mass is 10.0. The third-order valence-electron chi connectivity index (χ3n) is 6.26. The second-order valence-corrected chi connectivity index (χ2v) is 9.02. The van der Waals surface area contributed by atoms with Crippen LogP contribution in [-0.4, -0.2) is 67.2 Å². The molecule has 0 aromatic rings. The normalized spacial score (nSPS) is 12.7. The van der Waals surface area contributed by atoms with Crippen molar-refractivity contribution in [3.8, 4) is 0 Å². The summed E-state index contributed by atoms with van der Waals surface area (Å²) in [7, 11) is 3.06. The molecule has 0 aromatic carbocycles. The minimum absolute atomic E-state index is 0.238. The van der Waals surface area contributed by atoms with E-state index in [1.807, 2.05) is 0 Å². The lowest BCUT2D eigenvalue weighted by molar-refractivity contribution is -0.154. The summed E-state index contributed by atoms with van der Waals surface area (Å²) in [5.41, 5.74) is 0. The summed E-state index contributed by atoms with van der Waals surface area (Å²) in [5, 5.41) is 0. The predicted molar refractivity (Wildman–Crippen MR) is 133 cm³/mol. The maximum atomic E-state index is 12.6. The standard InChI is InChI=1S/C26H50N2O5/c1-7-9-10-11-12-13-14-15-16-17-18-19-20-21-33-25(30)23(4)27(5)24(29)22(3)28(6)26(31)32-8-2/h22-23H,7-21H2,1-6H3. The fourth-order valence-electron chi connectivity index (χ4n) is 3.61. The Morgan fingerprint density at radius 2 is 1.09 bits per heavy atom. The van der Waals surface area contributed by atoms with E-state index in [0.29, 0.717) is 6.61 Å². The molecule has 0 aliphatic rings. The first-order valence-electron chi connectivity index (χ1n) is 13.1. The molecule has 0 heterocycles. The Hall–Kier alpha value is -1.79. The van der Waals surface area contributed by atoms with Crippen LogP contribution in [-0.2, 0) is 19.1 Å². The third-order valence-corrected chi connectivity index (χ3v) is 6.26. The number of carbonyl (C=O) groups is 3. The molecule has 0 aliphatic heterocycles. The lowest BCUT2D eigenvalue weighted by Gasteiger charge is -2.30. The highest BCUT2D eigenvalue weighted by atomic mass is 16.6. The molecule has 33 heavy (non-hydrogen) atoms. The quantitative estimate of drug-likeness (QED) is 0.172. The van der Waals surface area contributed by atoms with Crippen LogP contribution in [0.5, 0.6) is 0 Å². The number of likely N-dealkylation sites (N-methyl/N-ethyl adjacent to an activating group) is 2. The number of esters is 1. The molecule has 0 aliphatic carbocycles. The first kappa shape index (κ1) is 31.2. The van der Waals surface area contributed by atoms with Gasteiger partial charge in [0.15, 0.2) is 0 Å². The average molecular weight is 471 g/mol. The van der Waals surface area contributed by atoms with Gasteiger partial charge in [0.1, 0.15) is 12.1 Å². The Bertz CT molecular complexity index is 541. The van der Waals surface area contributed by atoms with Crippen molar-refractivity contribution >= 4 is 18.0 Å². The summed E-state index contributed by atoms with van der Waals surface area (Å²) in [6.07, 6.45) is 15.9. The minimum atomic E-state index is -0.731. The molecule has 0 bridgehead atoms. The molecule has 0 spiro atoms.